The Morgan fingerprint density at radius 3 is 1.94 bits per heavy atom. The van der Waals surface area contributed by atoms with Gasteiger partial charge in [-0.15, -0.1) is 0 Å². The van der Waals surface area contributed by atoms with Gasteiger partial charge in [-0.1, -0.05) is 0 Å². The number of carboxylic acid groups (broad SMARTS) is 1. The van der Waals surface area contributed by atoms with Crippen LogP contribution < -0.4 is 5.32 Å². The summed E-state index contributed by atoms with van der Waals surface area (Å²) in [5, 5.41) is 19.7. The predicted molar refractivity (Wildman–Crippen MR) is 59.4 cm³/mol. The number of rotatable bonds is 2. The average Bonchev–Trinajstić information content (AvgIpc) is 2.29. The van der Waals surface area contributed by atoms with Gasteiger partial charge in [0.15, 0.2) is 0 Å². The molecule has 0 aliphatic carbocycles. The molecule has 1 saturated heterocycles. The van der Waals surface area contributed by atoms with E-state index in [2.05, 4.69) is 5.32 Å². The molecule has 7 nitrogen and oxygen atoms in total. The van der Waals surface area contributed by atoms with Gasteiger partial charge in [0.1, 0.15) is 6.10 Å². The molecule has 0 aromatic rings. The number of amides is 1. The highest BCUT2D eigenvalue weighted by Crippen LogP contribution is 1.96. The number of aliphatic carboxylic acids is 1. The molecule has 0 unspecified atom stereocenters. The van der Waals surface area contributed by atoms with Crippen molar-refractivity contribution in [2.45, 2.75) is 20.0 Å². The van der Waals surface area contributed by atoms with Gasteiger partial charge in [-0.05, 0) is 6.92 Å². The number of carboxylic acids is 1. The van der Waals surface area contributed by atoms with Crippen LogP contribution in [0.5, 0.6) is 0 Å². The van der Waals surface area contributed by atoms with E-state index in [9.17, 15) is 14.4 Å². The van der Waals surface area contributed by atoms with E-state index < -0.39 is 17.9 Å². The van der Waals surface area contributed by atoms with Crippen molar-refractivity contribution in [2.24, 2.45) is 0 Å². The molecule has 1 heterocycles. The van der Waals surface area contributed by atoms with Crippen molar-refractivity contribution < 1.29 is 24.6 Å². The Hall–Kier alpha value is -1.47. The van der Waals surface area contributed by atoms with Gasteiger partial charge in [0, 0.05) is 33.1 Å². The standard InChI is InChI=1S/C7H14N2O2.C3H4O3/c1-6(10)7(11)9-4-2-8-3-5-9;1-2(4)3(5)6/h6,8,10H,2-5H2,1H3;1H3,(H,5,6)/t6-;/m0./s1. The topological polar surface area (TPSA) is 107 Å². The number of nitrogens with one attached hydrogen (secondary N) is 1. The van der Waals surface area contributed by atoms with Crippen LogP contribution >= 0.6 is 0 Å². The van der Waals surface area contributed by atoms with Gasteiger partial charge in [-0.25, -0.2) is 4.79 Å². The number of ketones is 1. The maximum absolute atomic E-state index is 11.1. The van der Waals surface area contributed by atoms with Crippen molar-refractivity contribution >= 4 is 17.7 Å². The van der Waals surface area contributed by atoms with Crippen LogP contribution in [-0.4, -0.2) is 65.1 Å². The van der Waals surface area contributed by atoms with Crippen molar-refractivity contribution in [2.75, 3.05) is 26.2 Å². The Balaban J connectivity index is 0.000000366. The minimum Gasteiger partial charge on any atom is -0.476 e. The van der Waals surface area contributed by atoms with Crippen molar-refractivity contribution in [1.82, 2.24) is 10.2 Å². The second-order valence-electron chi connectivity index (χ2n) is 3.61. The Kier molecular flexibility index (Phi) is 7.08. The fourth-order valence-electron chi connectivity index (χ4n) is 1.15. The van der Waals surface area contributed by atoms with Crippen molar-refractivity contribution in [3.05, 3.63) is 0 Å². The molecule has 1 rings (SSSR count). The molecule has 0 aromatic heterocycles. The zero-order valence-electron chi connectivity index (χ0n) is 9.97. The van der Waals surface area contributed by atoms with Gasteiger partial charge in [-0.2, -0.15) is 0 Å². The van der Waals surface area contributed by atoms with E-state index in [0.29, 0.717) is 13.1 Å². The Labute approximate surface area is 99.4 Å². The van der Waals surface area contributed by atoms with E-state index in [1.54, 1.807) is 4.90 Å². The minimum atomic E-state index is -1.38. The van der Waals surface area contributed by atoms with E-state index in [1.165, 1.54) is 6.92 Å². The van der Waals surface area contributed by atoms with Gasteiger partial charge in [0.25, 0.3) is 5.91 Å². The van der Waals surface area contributed by atoms with Crippen LogP contribution in [0, 0.1) is 0 Å². The van der Waals surface area contributed by atoms with E-state index >= 15 is 0 Å². The lowest BCUT2D eigenvalue weighted by Gasteiger charge is -2.28. The first-order chi connectivity index (χ1) is 7.86. The van der Waals surface area contributed by atoms with Gasteiger partial charge in [-0.3, -0.25) is 9.59 Å². The molecule has 0 spiro atoms. The third kappa shape index (κ3) is 6.64. The molecule has 1 aliphatic rings. The van der Waals surface area contributed by atoms with Crippen molar-refractivity contribution in [1.29, 1.82) is 0 Å². The molecule has 3 N–H and O–H groups in total. The fourth-order valence-corrected chi connectivity index (χ4v) is 1.15. The van der Waals surface area contributed by atoms with Crippen LogP contribution in [0.25, 0.3) is 0 Å². The summed E-state index contributed by atoms with van der Waals surface area (Å²) in [7, 11) is 0. The number of nitrogens with zero attached hydrogens (tertiary/aromatic N) is 1. The number of carbonyl (C=O) groups is 3. The molecule has 1 amide bonds. The largest absolute Gasteiger partial charge is 0.476 e. The van der Waals surface area contributed by atoms with Crippen LogP contribution in [-0.2, 0) is 14.4 Å². The smallest absolute Gasteiger partial charge is 0.371 e. The molecule has 0 saturated carbocycles. The van der Waals surface area contributed by atoms with Crippen LogP contribution in [0.1, 0.15) is 13.8 Å². The third-order valence-corrected chi connectivity index (χ3v) is 2.09. The minimum absolute atomic E-state index is 0.161. The highest BCUT2D eigenvalue weighted by molar-refractivity contribution is 6.31. The van der Waals surface area contributed by atoms with E-state index in [4.69, 9.17) is 10.2 Å². The molecular formula is C10H18N2O5. The number of hydrogen-bond acceptors (Lipinski definition) is 5. The first-order valence-corrected chi connectivity index (χ1v) is 5.27. The number of aliphatic hydroxyl groups excluding tert-OH is 1. The average molecular weight is 246 g/mol. The van der Waals surface area contributed by atoms with Gasteiger partial charge in [0.2, 0.25) is 5.78 Å². The molecule has 17 heavy (non-hydrogen) atoms. The molecule has 98 valence electrons. The van der Waals surface area contributed by atoms with Crippen molar-refractivity contribution in [3.63, 3.8) is 0 Å². The molecule has 1 fully saturated rings. The zero-order chi connectivity index (χ0) is 13.4. The fraction of sp³-hybridized carbons (Fsp3) is 0.700. The van der Waals surface area contributed by atoms with Crippen LogP contribution in [0.4, 0.5) is 0 Å². The predicted octanol–water partition coefficient (Wildman–Crippen LogP) is -1.54. The summed E-state index contributed by atoms with van der Waals surface area (Å²) in [4.78, 5) is 31.7. The summed E-state index contributed by atoms with van der Waals surface area (Å²) >= 11 is 0. The monoisotopic (exact) mass is 246 g/mol. The lowest BCUT2D eigenvalue weighted by atomic mass is 10.3. The summed E-state index contributed by atoms with van der Waals surface area (Å²) < 4.78 is 0. The summed E-state index contributed by atoms with van der Waals surface area (Å²) in [6.45, 7) is 5.59. The van der Waals surface area contributed by atoms with Crippen LogP contribution in [0.15, 0.2) is 0 Å². The maximum atomic E-state index is 11.1. The first-order valence-electron chi connectivity index (χ1n) is 5.27. The highest BCUT2D eigenvalue weighted by atomic mass is 16.4. The molecule has 1 atom stereocenters. The number of Topliss-reactive ketones (excluding diaryl/α,β-unsaturated/α-hetero) is 1. The Morgan fingerprint density at radius 2 is 1.65 bits per heavy atom. The van der Waals surface area contributed by atoms with Crippen LogP contribution in [0.3, 0.4) is 0 Å². The summed E-state index contributed by atoms with van der Waals surface area (Å²) in [6.07, 6.45) is -0.854. The highest BCUT2D eigenvalue weighted by Gasteiger charge is 2.19. The Morgan fingerprint density at radius 1 is 1.24 bits per heavy atom. The molecule has 1 aliphatic heterocycles. The normalized spacial score (nSPS) is 16.5. The third-order valence-electron chi connectivity index (χ3n) is 2.09. The van der Waals surface area contributed by atoms with Crippen molar-refractivity contribution in [3.8, 4) is 0 Å². The zero-order valence-corrected chi connectivity index (χ0v) is 9.97. The SMILES string of the molecule is CC(=O)C(=O)O.C[C@H](O)C(=O)N1CCNCC1. The lowest BCUT2D eigenvalue weighted by Crippen LogP contribution is -2.49. The molecular weight excluding hydrogens is 228 g/mol. The molecule has 0 radical (unpaired) electrons. The Bertz CT molecular complexity index is 272. The number of carbonyl (C=O) groups excluding carboxylic acids is 2. The van der Waals surface area contributed by atoms with Gasteiger partial charge >= 0.3 is 5.97 Å². The van der Waals surface area contributed by atoms with Gasteiger partial charge in [0.05, 0.1) is 0 Å². The van der Waals surface area contributed by atoms with E-state index in [-0.39, 0.29) is 5.91 Å². The molecule has 0 aromatic carbocycles. The first kappa shape index (κ1) is 15.5. The molecule has 7 heteroatoms. The second-order valence-corrected chi connectivity index (χ2v) is 3.61. The van der Waals surface area contributed by atoms with Crippen LogP contribution in [0.2, 0.25) is 0 Å². The quantitative estimate of drug-likeness (QED) is 0.510. The van der Waals surface area contributed by atoms with Gasteiger partial charge < -0.3 is 20.4 Å². The van der Waals surface area contributed by atoms with E-state index in [1.807, 2.05) is 0 Å². The maximum Gasteiger partial charge on any atom is 0.371 e. The number of hydrogen-bond donors (Lipinski definition) is 3. The number of piperazine rings is 1. The summed E-state index contributed by atoms with van der Waals surface area (Å²) in [5.41, 5.74) is 0. The lowest BCUT2D eigenvalue weighted by molar-refractivity contribution is -0.148. The second kappa shape index (κ2) is 7.75. The summed E-state index contributed by atoms with van der Waals surface area (Å²) in [5.74, 6) is -2.36. The van der Waals surface area contributed by atoms with E-state index in [0.717, 1.165) is 20.0 Å². The summed E-state index contributed by atoms with van der Waals surface area (Å²) in [6, 6.07) is 0. The number of aliphatic hydroxyl groups is 1. The molecule has 0 bridgehead atoms.